The quantitative estimate of drug-likeness (QED) is 0.519. The Labute approximate surface area is 62.1 Å². The molecule has 0 aromatic heterocycles. The Balaban J connectivity index is 2.80. The summed E-state index contributed by atoms with van der Waals surface area (Å²) < 4.78 is 23.5. The first-order valence-corrected chi connectivity index (χ1v) is 4.95. The molecule has 0 unspecified atom stereocenters. The molecule has 0 amide bonds. The smallest absolute Gasteiger partial charge is 0.212 e. The molecule has 4 heteroatoms. The van der Waals surface area contributed by atoms with Gasteiger partial charge in [-0.2, -0.15) is 4.31 Å². The minimum Gasteiger partial charge on any atom is -0.212 e. The van der Waals surface area contributed by atoms with Gasteiger partial charge in [-0.3, -0.25) is 0 Å². The van der Waals surface area contributed by atoms with Gasteiger partial charge in [0.15, 0.2) is 0 Å². The van der Waals surface area contributed by atoms with Crippen LogP contribution in [-0.2, 0) is 10.0 Å². The second-order valence-electron chi connectivity index (χ2n) is 3.56. The van der Waals surface area contributed by atoms with Crippen LogP contribution in [0, 0.1) is 0 Å². The van der Waals surface area contributed by atoms with Gasteiger partial charge < -0.3 is 0 Å². The standard InChI is InChI=1S/C6H13NO2S/c1-6(2,3)7-4-5-10(7,8)9/h4-5H2,1-3H3. The zero-order chi connectivity index (χ0) is 7.99. The van der Waals surface area contributed by atoms with Crippen LogP contribution < -0.4 is 0 Å². The molecule has 1 aliphatic heterocycles. The average Bonchev–Trinajstić information content (AvgIpc) is 1.58. The third-order valence-corrected chi connectivity index (χ3v) is 3.74. The molecule has 0 bridgehead atoms. The molecule has 1 fully saturated rings. The number of sulfonamides is 1. The Morgan fingerprint density at radius 1 is 1.30 bits per heavy atom. The number of hydrogen-bond acceptors (Lipinski definition) is 2. The van der Waals surface area contributed by atoms with Crippen molar-refractivity contribution in [3.8, 4) is 0 Å². The highest BCUT2D eigenvalue weighted by Crippen LogP contribution is 2.24. The molecule has 1 saturated heterocycles. The molecule has 10 heavy (non-hydrogen) atoms. The van der Waals surface area contributed by atoms with Gasteiger partial charge in [0, 0.05) is 12.1 Å². The van der Waals surface area contributed by atoms with Crippen LogP contribution in [0.5, 0.6) is 0 Å². The summed E-state index contributed by atoms with van der Waals surface area (Å²) in [6, 6.07) is 0. The topological polar surface area (TPSA) is 37.4 Å². The van der Waals surface area contributed by atoms with Crippen LogP contribution in [0.4, 0.5) is 0 Å². The fourth-order valence-electron chi connectivity index (χ4n) is 1.08. The highest BCUT2D eigenvalue weighted by Gasteiger charge is 2.40. The third kappa shape index (κ3) is 1.18. The van der Waals surface area contributed by atoms with Crippen molar-refractivity contribution in [3.63, 3.8) is 0 Å². The lowest BCUT2D eigenvalue weighted by Gasteiger charge is -2.40. The van der Waals surface area contributed by atoms with Gasteiger partial charge in [-0.25, -0.2) is 8.42 Å². The van der Waals surface area contributed by atoms with E-state index >= 15 is 0 Å². The molecule has 60 valence electrons. The van der Waals surface area contributed by atoms with Gasteiger partial charge in [-0.05, 0) is 20.8 Å². The van der Waals surface area contributed by atoms with Crippen molar-refractivity contribution >= 4 is 10.0 Å². The molecule has 0 saturated carbocycles. The summed E-state index contributed by atoms with van der Waals surface area (Å²) in [5, 5.41) is 0. The van der Waals surface area contributed by atoms with E-state index in [4.69, 9.17) is 0 Å². The van der Waals surface area contributed by atoms with Crippen molar-refractivity contribution in [1.29, 1.82) is 0 Å². The Hall–Kier alpha value is -0.0900. The zero-order valence-electron chi connectivity index (χ0n) is 6.59. The maximum absolute atomic E-state index is 11.0. The predicted molar refractivity (Wildman–Crippen MR) is 40.2 cm³/mol. The molecule has 0 aromatic rings. The Morgan fingerprint density at radius 3 is 1.80 bits per heavy atom. The van der Waals surface area contributed by atoms with E-state index in [0.29, 0.717) is 12.3 Å². The van der Waals surface area contributed by atoms with Crippen LogP contribution in [-0.4, -0.2) is 30.6 Å². The zero-order valence-corrected chi connectivity index (χ0v) is 7.40. The second-order valence-corrected chi connectivity index (χ2v) is 5.57. The maximum Gasteiger partial charge on any atom is 0.215 e. The van der Waals surface area contributed by atoms with E-state index in [1.165, 1.54) is 4.31 Å². The van der Waals surface area contributed by atoms with Gasteiger partial charge in [-0.1, -0.05) is 0 Å². The van der Waals surface area contributed by atoms with Gasteiger partial charge in [0.25, 0.3) is 0 Å². The number of rotatable bonds is 0. The van der Waals surface area contributed by atoms with Gasteiger partial charge in [0.2, 0.25) is 10.0 Å². The van der Waals surface area contributed by atoms with E-state index in [-0.39, 0.29) is 5.54 Å². The summed E-state index contributed by atoms with van der Waals surface area (Å²) in [7, 11) is -2.85. The first-order valence-electron chi connectivity index (χ1n) is 3.34. The monoisotopic (exact) mass is 163 g/mol. The lowest BCUT2D eigenvalue weighted by molar-refractivity contribution is 0.232. The van der Waals surface area contributed by atoms with E-state index < -0.39 is 10.0 Å². The summed E-state index contributed by atoms with van der Waals surface area (Å²) in [6.45, 7) is 6.41. The predicted octanol–water partition coefficient (Wildman–Crippen LogP) is 0.430. The molecule has 1 aliphatic rings. The molecule has 0 atom stereocenters. The van der Waals surface area contributed by atoms with E-state index in [1.807, 2.05) is 20.8 Å². The lowest BCUT2D eigenvalue weighted by atomic mass is 10.1. The van der Waals surface area contributed by atoms with Crippen molar-refractivity contribution in [1.82, 2.24) is 4.31 Å². The summed E-state index contributed by atoms with van der Waals surface area (Å²) in [5.41, 5.74) is -0.225. The molecule has 1 rings (SSSR count). The minimum absolute atomic E-state index is 0.225. The van der Waals surface area contributed by atoms with Crippen molar-refractivity contribution in [2.75, 3.05) is 12.3 Å². The normalized spacial score (nSPS) is 25.9. The Bertz CT molecular complexity index is 225. The van der Waals surface area contributed by atoms with Gasteiger partial charge in [0.05, 0.1) is 5.75 Å². The number of hydrogen-bond donors (Lipinski definition) is 0. The average molecular weight is 163 g/mol. The largest absolute Gasteiger partial charge is 0.215 e. The van der Waals surface area contributed by atoms with Crippen LogP contribution in [0.15, 0.2) is 0 Å². The maximum atomic E-state index is 11.0. The van der Waals surface area contributed by atoms with E-state index in [0.717, 1.165) is 0 Å². The SMILES string of the molecule is CC(C)(C)N1CCS1(=O)=O. The van der Waals surface area contributed by atoms with Crippen LogP contribution in [0.3, 0.4) is 0 Å². The fraction of sp³-hybridized carbons (Fsp3) is 1.00. The summed E-state index contributed by atoms with van der Waals surface area (Å²) in [5.74, 6) is 0.324. The highest BCUT2D eigenvalue weighted by atomic mass is 32.2. The molecule has 0 aromatic carbocycles. The van der Waals surface area contributed by atoms with Gasteiger partial charge in [-0.15, -0.1) is 0 Å². The van der Waals surface area contributed by atoms with Gasteiger partial charge >= 0.3 is 0 Å². The van der Waals surface area contributed by atoms with Gasteiger partial charge in [0.1, 0.15) is 0 Å². The highest BCUT2D eigenvalue weighted by molar-refractivity contribution is 7.90. The van der Waals surface area contributed by atoms with Crippen LogP contribution in [0.1, 0.15) is 20.8 Å². The van der Waals surface area contributed by atoms with Crippen LogP contribution >= 0.6 is 0 Å². The first kappa shape index (κ1) is 8.01. The Kier molecular flexibility index (Phi) is 1.56. The summed E-state index contributed by atoms with van der Waals surface area (Å²) in [6.07, 6.45) is 0. The van der Waals surface area contributed by atoms with Crippen molar-refractivity contribution < 1.29 is 8.42 Å². The molecule has 1 heterocycles. The summed E-state index contributed by atoms with van der Waals surface area (Å²) in [4.78, 5) is 0. The molecule has 0 spiro atoms. The van der Waals surface area contributed by atoms with E-state index in [1.54, 1.807) is 0 Å². The van der Waals surface area contributed by atoms with Crippen LogP contribution in [0.25, 0.3) is 0 Å². The summed E-state index contributed by atoms with van der Waals surface area (Å²) >= 11 is 0. The van der Waals surface area contributed by atoms with Crippen molar-refractivity contribution in [2.24, 2.45) is 0 Å². The molecule has 0 N–H and O–H groups in total. The second kappa shape index (κ2) is 1.95. The Morgan fingerprint density at radius 2 is 1.80 bits per heavy atom. The van der Waals surface area contributed by atoms with Crippen molar-refractivity contribution in [3.05, 3.63) is 0 Å². The first-order chi connectivity index (χ1) is 4.34. The van der Waals surface area contributed by atoms with E-state index in [2.05, 4.69) is 0 Å². The molecular formula is C6H13NO2S. The number of nitrogens with zero attached hydrogens (tertiary/aromatic N) is 1. The fourth-order valence-corrected chi connectivity index (χ4v) is 2.58. The van der Waals surface area contributed by atoms with Crippen molar-refractivity contribution in [2.45, 2.75) is 26.3 Å². The lowest BCUT2D eigenvalue weighted by Crippen LogP contribution is -2.56. The van der Waals surface area contributed by atoms with Crippen LogP contribution in [0.2, 0.25) is 0 Å². The van der Waals surface area contributed by atoms with E-state index in [9.17, 15) is 8.42 Å². The molecule has 0 aliphatic carbocycles. The molecule has 3 nitrogen and oxygen atoms in total. The molecule has 0 radical (unpaired) electrons. The third-order valence-electron chi connectivity index (χ3n) is 1.64. The minimum atomic E-state index is -2.85. The molecular weight excluding hydrogens is 150 g/mol.